The molecule has 7 heteroatoms. The van der Waals surface area contributed by atoms with E-state index in [9.17, 15) is 0 Å². The Bertz CT molecular complexity index is 690. The molecule has 0 aliphatic rings. The second-order valence-corrected chi connectivity index (χ2v) is 4.74. The van der Waals surface area contributed by atoms with E-state index in [-0.39, 0.29) is 6.61 Å². The predicted molar refractivity (Wildman–Crippen MR) is 69.0 cm³/mol. The zero-order valence-electron chi connectivity index (χ0n) is 9.36. The Balaban J connectivity index is 2.09. The van der Waals surface area contributed by atoms with E-state index < -0.39 is 0 Å². The number of aliphatic hydroxyl groups excluding tert-OH is 1. The number of nitrogens with zero attached hydrogens (tertiary/aromatic N) is 5. The highest BCUT2D eigenvalue weighted by Gasteiger charge is 2.10. The van der Waals surface area contributed by atoms with Gasteiger partial charge in [0.05, 0.1) is 31.1 Å². The maximum atomic E-state index is 8.86. The average Bonchev–Trinajstić information content (AvgIpc) is 2.95. The topological polar surface area (TPSA) is 68.2 Å². The number of rotatable bonds is 3. The fourth-order valence-corrected chi connectivity index (χ4v) is 2.12. The number of hydrogen-bond donors (Lipinski definition) is 1. The van der Waals surface area contributed by atoms with Crippen LogP contribution < -0.4 is 0 Å². The largest absolute Gasteiger partial charge is 0.394 e. The second-order valence-electron chi connectivity index (χ2n) is 3.82. The molecule has 0 aliphatic heterocycles. The van der Waals surface area contributed by atoms with Crippen molar-refractivity contribution in [2.45, 2.75) is 6.54 Å². The minimum atomic E-state index is 0.0447. The molecule has 3 aromatic rings. The van der Waals surface area contributed by atoms with E-state index in [1.165, 1.54) is 0 Å². The summed E-state index contributed by atoms with van der Waals surface area (Å²) < 4.78 is 4.38. The Morgan fingerprint density at radius 3 is 3.11 bits per heavy atom. The molecule has 0 atom stereocenters. The molecular weight excluding hydrogens is 298 g/mol. The monoisotopic (exact) mass is 307 g/mol. The molecular formula is C11H10BrN5O. The van der Waals surface area contributed by atoms with Gasteiger partial charge < -0.3 is 5.11 Å². The second kappa shape index (κ2) is 4.51. The first kappa shape index (κ1) is 11.4. The highest BCUT2D eigenvalue weighted by Crippen LogP contribution is 2.24. The lowest BCUT2D eigenvalue weighted by molar-refractivity contribution is 0.268. The number of aromatic nitrogens is 5. The molecule has 18 heavy (non-hydrogen) atoms. The molecule has 0 spiro atoms. The molecule has 3 rings (SSSR count). The number of halogens is 1. The third-order valence-corrected chi connectivity index (χ3v) is 3.12. The van der Waals surface area contributed by atoms with E-state index >= 15 is 0 Å². The van der Waals surface area contributed by atoms with E-state index in [4.69, 9.17) is 5.11 Å². The van der Waals surface area contributed by atoms with Gasteiger partial charge in [0, 0.05) is 16.2 Å². The van der Waals surface area contributed by atoms with Gasteiger partial charge in [-0.1, -0.05) is 21.1 Å². The molecule has 1 N–H and O–H groups in total. The van der Waals surface area contributed by atoms with Crippen molar-refractivity contribution >= 4 is 21.4 Å². The molecule has 3 heterocycles. The maximum Gasteiger partial charge on any atom is 0.116 e. The van der Waals surface area contributed by atoms with Gasteiger partial charge in [-0.15, -0.1) is 5.10 Å². The molecule has 0 aromatic carbocycles. The molecule has 6 nitrogen and oxygen atoms in total. The molecule has 0 aliphatic carbocycles. The van der Waals surface area contributed by atoms with Crippen LogP contribution in [0.2, 0.25) is 0 Å². The predicted octanol–water partition coefficient (Wildman–Crippen LogP) is 1.35. The highest BCUT2D eigenvalue weighted by molar-refractivity contribution is 9.10. The van der Waals surface area contributed by atoms with Gasteiger partial charge in [-0.2, -0.15) is 5.10 Å². The summed E-state index contributed by atoms with van der Waals surface area (Å²) >= 11 is 3.44. The quantitative estimate of drug-likeness (QED) is 0.793. The Kier molecular flexibility index (Phi) is 2.85. The molecule has 3 aromatic heterocycles. The van der Waals surface area contributed by atoms with Gasteiger partial charge in [0.2, 0.25) is 0 Å². The van der Waals surface area contributed by atoms with Gasteiger partial charge in [-0.3, -0.25) is 0 Å². The van der Waals surface area contributed by atoms with Crippen LogP contribution in [0.15, 0.2) is 35.2 Å². The molecule has 0 radical (unpaired) electrons. The van der Waals surface area contributed by atoms with Crippen LogP contribution in [0.3, 0.4) is 0 Å². The Labute approximate surface area is 111 Å². The minimum absolute atomic E-state index is 0.0447. The Morgan fingerprint density at radius 1 is 1.39 bits per heavy atom. The van der Waals surface area contributed by atoms with Crippen LogP contribution in [-0.2, 0) is 6.54 Å². The molecule has 0 saturated carbocycles. The fraction of sp³-hybridized carbons (Fsp3) is 0.182. The normalized spacial score (nSPS) is 11.2. The molecule has 0 unspecified atom stereocenters. The van der Waals surface area contributed by atoms with Crippen molar-refractivity contribution in [3.8, 4) is 11.3 Å². The molecule has 0 bridgehead atoms. The van der Waals surface area contributed by atoms with Gasteiger partial charge in [0.1, 0.15) is 5.69 Å². The fourth-order valence-electron chi connectivity index (χ4n) is 1.79. The smallest absolute Gasteiger partial charge is 0.116 e. The van der Waals surface area contributed by atoms with E-state index in [0.29, 0.717) is 6.54 Å². The van der Waals surface area contributed by atoms with E-state index in [2.05, 4.69) is 31.3 Å². The number of fused-ring (bicyclic) bond motifs is 1. The molecule has 0 fully saturated rings. The van der Waals surface area contributed by atoms with Crippen LogP contribution >= 0.6 is 15.9 Å². The zero-order valence-corrected chi connectivity index (χ0v) is 10.9. The lowest BCUT2D eigenvalue weighted by Gasteiger charge is -1.96. The number of aliphatic hydroxyl groups is 1. The summed E-state index contributed by atoms with van der Waals surface area (Å²) in [5.74, 6) is 0. The summed E-state index contributed by atoms with van der Waals surface area (Å²) in [4.78, 5) is 0. The summed E-state index contributed by atoms with van der Waals surface area (Å²) in [7, 11) is 0. The summed E-state index contributed by atoms with van der Waals surface area (Å²) in [5, 5.41) is 21.2. The molecule has 0 amide bonds. The van der Waals surface area contributed by atoms with Gasteiger partial charge in [0.15, 0.2) is 0 Å². The third kappa shape index (κ3) is 1.91. The van der Waals surface area contributed by atoms with Crippen molar-refractivity contribution in [1.82, 2.24) is 24.6 Å². The molecule has 92 valence electrons. The van der Waals surface area contributed by atoms with E-state index in [1.54, 1.807) is 21.6 Å². The summed E-state index contributed by atoms with van der Waals surface area (Å²) in [6.45, 7) is 0.485. The van der Waals surface area contributed by atoms with Gasteiger partial charge >= 0.3 is 0 Å². The van der Waals surface area contributed by atoms with Gasteiger partial charge in [0.25, 0.3) is 0 Å². The van der Waals surface area contributed by atoms with Crippen LogP contribution in [0, 0.1) is 0 Å². The SMILES string of the molecule is OCCn1cc(-c2cnn3ccc(Br)cc23)nn1. The van der Waals surface area contributed by atoms with Gasteiger partial charge in [-0.05, 0) is 12.1 Å². The number of hydrogen-bond acceptors (Lipinski definition) is 4. The standard InChI is InChI=1S/C11H10BrN5O/c12-8-1-2-17-11(5-8)9(6-13-17)10-7-16(3-4-18)15-14-10/h1-2,5-7,18H,3-4H2. The summed E-state index contributed by atoms with van der Waals surface area (Å²) in [6, 6.07) is 3.90. The number of pyridine rings is 1. The first-order valence-electron chi connectivity index (χ1n) is 5.42. The van der Waals surface area contributed by atoms with E-state index in [0.717, 1.165) is 21.2 Å². The van der Waals surface area contributed by atoms with Crippen LogP contribution in [0.4, 0.5) is 0 Å². The van der Waals surface area contributed by atoms with Crippen LogP contribution in [-0.4, -0.2) is 36.3 Å². The van der Waals surface area contributed by atoms with Crippen molar-refractivity contribution in [2.75, 3.05) is 6.61 Å². The maximum absolute atomic E-state index is 8.86. The van der Waals surface area contributed by atoms with Gasteiger partial charge in [-0.25, -0.2) is 9.20 Å². The van der Waals surface area contributed by atoms with Crippen molar-refractivity contribution < 1.29 is 5.11 Å². The minimum Gasteiger partial charge on any atom is -0.394 e. The summed E-state index contributed by atoms with van der Waals surface area (Å²) in [5.41, 5.74) is 2.62. The Hall–Kier alpha value is -1.73. The van der Waals surface area contributed by atoms with Crippen molar-refractivity contribution in [2.24, 2.45) is 0 Å². The lowest BCUT2D eigenvalue weighted by Crippen LogP contribution is -2.01. The van der Waals surface area contributed by atoms with Crippen LogP contribution in [0.5, 0.6) is 0 Å². The third-order valence-electron chi connectivity index (χ3n) is 2.63. The van der Waals surface area contributed by atoms with Crippen LogP contribution in [0.1, 0.15) is 0 Å². The van der Waals surface area contributed by atoms with Crippen molar-refractivity contribution in [3.05, 3.63) is 35.2 Å². The summed E-state index contributed by atoms with van der Waals surface area (Å²) in [6.07, 6.45) is 5.43. The average molecular weight is 308 g/mol. The van der Waals surface area contributed by atoms with E-state index in [1.807, 2.05) is 18.3 Å². The zero-order chi connectivity index (χ0) is 12.5. The van der Waals surface area contributed by atoms with Crippen molar-refractivity contribution in [1.29, 1.82) is 0 Å². The highest BCUT2D eigenvalue weighted by atomic mass is 79.9. The first-order valence-corrected chi connectivity index (χ1v) is 6.21. The van der Waals surface area contributed by atoms with Crippen molar-refractivity contribution in [3.63, 3.8) is 0 Å². The first-order chi connectivity index (χ1) is 8.78. The Morgan fingerprint density at radius 2 is 2.28 bits per heavy atom. The lowest BCUT2D eigenvalue weighted by atomic mass is 10.2. The van der Waals surface area contributed by atoms with Crippen LogP contribution in [0.25, 0.3) is 16.8 Å². The molecule has 0 saturated heterocycles.